The van der Waals surface area contributed by atoms with Crippen molar-refractivity contribution in [2.24, 2.45) is 10.2 Å². The first kappa shape index (κ1) is 42.1. The van der Waals surface area contributed by atoms with Crippen LogP contribution in [0, 0.1) is 0 Å². The molecule has 0 spiro atoms. The molecular weight excluding hydrogens is 873 g/mol. The molecule has 0 fully saturated rings. The smallest absolute Gasteiger partial charge is 0.354 e. The Kier molecular flexibility index (Phi) is 12.7. The van der Waals surface area contributed by atoms with E-state index in [2.05, 4.69) is 57.2 Å². The van der Waals surface area contributed by atoms with E-state index in [9.17, 15) is 9.59 Å². The van der Waals surface area contributed by atoms with Crippen LogP contribution in [0.5, 0.6) is 0 Å². The van der Waals surface area contributed by atoms with Gasteiger partial charge in [-0.1, -0.05) is 170 Å². The van der Waals surface area contributed by atoms with Crippen LogP contribution in [0.1, 0.15) is 25.0 Å². The van der Waals surface area contributed by atoms with E-state index in [1.54, 1.807) is 0 Å². The maximum absolute atomic E-state index is 13.5. The number of rotatable bonds is 8. The van der Waals surface area contributed by atoms with Crippen LogP contribution in [-0.2, 0) is 32.0 Å². The summed E-state index contributed by atoms with van der Waals surface area (Å²) in [5, 5.41) is 23.7. The number of para-hydroxylation sites is 2. The molecular formula is C54H42AgN6O2+. The van der Waals surface area contributed by atoms with E-state index in [-0.39, 0.29) is 34.2 Å². The second-order valence-corrected chi connectivity index (χ2v) is 14.8. The minimum Gasteiger partial charge on any atom is -0.354 e. The fourth-order valence-corrected chi connectivity index (χ4v) is 7.78. The fourth-order valence-electron chi connectivity index (χ4n) is 7.78. The van der Waals surface area contributed by atoms with Gasteiger partial charge in [0, 0.05) is 22.1 Å². The van der Waals surface area contributed by atoms with Gasteiger partial charge in [-0.05, 0) is 72.1 Å². The molecule has 8 aromatic carbocycles. The molecule has 8 nitrogen and oxygen atoms in total. The Bertz CT molecular complexity index is 2860. The number of amides is 2. The molecule has 0 saturated carbocycles. The summed E-state index contributed by atoms with van der Waals surface area (Å²) in [6.07, 6.45) is 0. The zero-order chi connectivity index (χ0) is 42.4. The molecule has 0 aromatic heterocycles. The number of hydrazone groups is 2. The van der Waals surface area contributed by atoms with Crippen LogP contribution in [0.3, 0.4) is 0 Å². The largest absolute Gasteiger partial charge is 1.00 e. The summed E-state index contributed by atoms with van der Waals surface area (Å²) in [6.45, 7) is 3.76. The van der Waals surface area contributed by atoms with Crippen molar-refractivity contribution in [1.29, 1.82) is 0 Å². The number of anilines is 4. The minimum absolute atomic E-state index is 0. The maximum Gasteiger partial charge on any atom is 1.00 e. The average Bonchev–Trinajstić information content (AvgIpc) is 3.80. The first-order valence-corrected chi connectivity index (χ1v) is 20.4. The van der Waals surface area contributed by atoms with Gasteiger partial charge in [0.05, 0.1) is 45.3 Å². The monoisotopic (exact) mass is 913 g/mol. The third-order valence-corrected chi connectivity index (χ3v) is 10.8. The van der Waals surface area contributed by atoms with Gasteiger partial charge < -0.3 is 10.6 Å². The van der Waals surface area contributed by atoms with Crippen LogP contribution >= 0.6 is 0 Å². The molecule has 2 aliphatic rings. The number of nitrogens with one attached hydrogen (secondary N) is 2. The van der Waals surface area contributed by atoms with Gasteiger partial charge in [0.25, 0.3) is 11.8 Å². The molecule has 63 heavy (non-hydrogen) atoms. The molecule has 0 saturated heterocycles. The van der Waals surface area contributed by atoms with Gasteiger partial charge in [-0.15, -0.1) is 0 Å². The van der Waals surface area contributed by atoms with Gasteiger partial charge >= 0.3 is 22.4 Å². The third kappa shape index (κ3) is 8.78. The Labute approximate surface area is 382 Å². The predicted octanol–water partition coefficient (Wildman–Crippen LogP) is 12.2. The molecule has 0 radical (unpaired) electrons. The molecule has 10 rings (SSSR count). The van der Waals surface area contributed by atoms with E-state index in [0.717, 1.165) is 66.8 Å². The Morgan fingerprint density at radius 2 is 0.714 bits per heavy atom. The number of carbonyl (C=O) groups is 2. The van der Waals surface area contributed by atoms with Crippen molar-refractivity contribution in [1.82, 2.24) is 0 Å². The fraction of sp³-hybridized carbons (Fsp3) is 0.0370. The zero-order valence-corrected chi connectivity index (χ0v) is 36.0. The molecule has 2 heterocycles. The molecule has 310 valence electrons. The molecule has 2 amide bonds. The average molecular weight is 915 g/mol. The second-order valence-electron chi connectivity index (χ2n) is 14.8. The first-order valence-electron chi connectivity index (χ1n) is 20.4. The molecule has 2 N–H and O–H groups in total. The normalized spacial score (nSPS) is 15.0. The molecule has 0 bridgehead atoms. The summed E-state index contributed by atoms with van der Waals surface area (Å²) in [7, 11) is 0. The standard InChI is InChI=1S/2C27H21N3O.Ag/c2*1-19-25(27(31)30(29-19)22-15-6-3-7-16-22)26(21-12-4-2-5-13-21)28-24-18-10-14-20-11-8-9-17-23(20)24;/h2*2-18,28H,1H3;/q;;+1. The van der Waals surface area contributed by atoms with Gasteiger partial charge in [0.1, 0.15) is 0 Å². The van der Waals surface area contributed by atoms with E-state index >= 15 is 0 Å². The number of benzene rings is 8. The van der Waals surface area contributed by atoms with E-state index in [4.69, 9.17) is 0 Å². The molecule has 0 unspecified atom stereocenters. The van der Waals surface area contributed by atoms with Gasteiger partial charge in [-0.3, -0.25) is 9.59 Å². The Hall–Kier alpha value is -7.62. The number of hydrogen-bond donors (Lipinski definition) is 2. The van der Waals surface area contributed by atoms with Crippen LogP contribution in [-0.4, -0.2) is 23.2 Å². The first-order chi connectivity index (χ1) is 30.4. The van der Waals surface area contributed by atoms with Crippen LogP contribution in [0.4, 0.5) is 22.7 Å². The number of hydrogen-bond acceptors (Lipinski definition) is 6. The van der Waals surface area contributed by atoms with Crippen molar-refractivity contribution in [3.05, 3.63) is 229 Å². The van der Waals surface area contributed by atoms with Crippen molar-refractivity contribution in [2.45, 2.75) is 13.8 Å². The minimum atomic E-state index is -0.143. The summed E-state index contributed by atoms with van der Waals surface area (Å²) in [6, 6.07) is 67.6. The molecule has 8 aromatic rings. The molecule has 2 aliphatic heterocycles. The van der Waals surface area contributed by atoms with E-state index in [0.29, 0.717) is 22.6 Å². The van der Waals surface area contributed by atoms with E-state index < -0.39 is 0 Å². The van der Waals surface area contributed by atoms with Gasteiger partial charge in [0.15, 0.2) is 0 Å². The second kappa shape index (κ2) is 19.0. The summed E-state index contributed by atoms with van der Waals surface area (Å²) < 4.78 is 0. The van der Waals surface area contributed by atoms with Gasteiger partial charge in [-0.25, -0.2) is 0 Å². The third-order valence-electron chi connectivity index (χ3n) is 10.8. The molecule has 0 aliphatic carbocycles. The van der Waals surface area contributed by atoms with Crippen LogP contribution in [0.25, 0.3) is 32.9 Å². The van der Waals surface area contributed by atoms with Crippen LogP contribution in [0.2, 0.25) is 0 Å². The topological polar surface area (TPSA) is 89.4 Å². The van der Waals surface area contributed by atoms with Gasteiger partial charge in [-0.2, -0.15) is 20.2 Å². The number of nitrogens with zero attached hydrogens (tertiary/aromatic N) is 4. The molecule has 0 atom stereocenters. The Morgan fingerprint density at radius 3 is 1.10 bits per heavy atom. The molecule has 9 heteroatoms. The predicted molar refractivity (Wildman–Crippen MR) is 256 cm³/mol. The summed E-state index contributed by atoms with van der Waals surface area (Å²) >= 11 is 0. The van der Waals surface area contributed by atoms with E-state index in [1.807, 2.05) is 184 Å². The maximum atomic E-state index is 13.5. The van der Waals surface area contributed by atoms with Crippen LogP contribution in [0.15, 0.2) is 228 Å². The van der Waals surface area contributed by atoms with Crippen molar-refractivity contribution >= 4 is 78.9 Å². The van der Waals surface area contributed by atoms with Crippen molar-refractivity contribution in [3.63, 3.8) is 0 Å². The summed E-state index contributed by atoms with van der Waals surface area (Å²) in [5.74, 6) is -0.287. The summed E-state index contributed by atoms with van der Waals surface area (Å²) in [4.78, 5) is 27.0. The van der Waals surface area contributed by atoms with Crippen molar-refractivity contribution < 1.29 is 32.0 Å². The van der Waals surface area contributed by atoms with Gasteiger partial charge in [0.2, 0.25) is 0 Å². The Balaban J connectivity index is 0.000000170. The SMILES string of the molecule is CC1=NN(c2ccccc2)C(=O)C1=C(Nc1cccc2ccccc12)c1ccccc1.CC1=NN(c2ccccc2)C(=O)C1=C(Nc1cccc2ccccc12)c1ccccc1.[Ag+]. The quantitative estimate of drug-likeness (QED) is 0.117. The van der Waals surface area contributed by atoms with Crippen LogP contribution < -0.4 is 20.7 Å². The Morgan fingerprint density at radius 1 is 0.397 bits per heavy atom. The van der Waals surface area contributed by atoms with Crippen molar-refractivity contribution in [3.8, 4) is 0 Å². The number of fused-ring (bicyclic) bond motifs is 2. The van der Waals surface area contributed by atoms with Crippen molar-refractivity contribution in [2.75, 3.05) is 20.7 Å². The summed E-state index contributed by atoms with van der Waals surface area (Å²) in [5.41, 5.74) is 9.27. The van der Waals surface area contributed by atoms with E-state index in [1.165, 1.54) is 10.0 Å². The number of carbonyl (C=O) groups excluding carboxylic acids is 2. The zero-order valence-electron chi connectivity index (χ0n) is 34.5.